The predicted octanol–water partition coefficient (Wildman–Crippen LogP) is 3.69. The van der Waals surface area contributed by atoms with Crippen LogP contribution in [0.5, 0.6) is 17.2 Å². The van der Waals surface area contributed by atoms with Gasteiger partial charge in [0.05, 0.1) is 30.7 Å². The van der Waals surface area contributed by atoms with Crippen LogP contribution >= 0.6 is 0 Å². The van der Waals surface area contributed by atoms with Crippen LogP contribution < -0.4 is 9.47 Å². The Morgan fingerprint density at radius 2 is 1.79 bits per heavy atom. The Hall–Kier alpha value is -2.68. The summed E-state index contributed by atoms with van der Waals surface area (Å²) < 4.78 is 39.5. The molecule has 1 saturated heterocycles. The van der Waals surface area contributed by atoms with Gasteiger partial charge in [0.25, 0.3) is 0 Å². The zero-order chi connectivity index (χ0) is 19.6. The number of pyridine rings is 1. The van der Waals surface area contributed by atoms with Crippen LogP contribution in [-0.2, 0) is 14.7 Å². The van der Waals surface area contributed by atoms with Crippen molar-refractivity contribution in [2.45, 2.75) is 4.90 Å². The van der Waals surface area contributed by atoms with Gasteiger partial charge in [-0.05, 0) is 42.5 Å². The Morgan fingerprint density at radius 1 is 1.07 bits per heavy atom. The Balaban J connectivity index is 1.57. The molecule has 146 valence electrons. The fourth-order valence-corrected chi connectivity index (χ4v) is 4.56. The monoisotopic (exact) mass is 399 g/mol. The maximum atomic E-state index is 12.9. The Labute approximate surface area is 164 Å². The molecular formula is C20H21N3O4S. The molecule has 0 amide bonds. The van der Waals surface area contributed by atoms with E-state index in [0.29, 0.717) is 42.7 Å². The topological polar surface area (TPSA) is 84.7 Å². The van der Waals surface area contributed by atoms with Crippen molar-refractivity contribution in [2.24, 2.45) is 0 Å². The first-order valence-electron chi connectivity index (χ1n) is 8.90. The van der Waals surface area contributed by atoms with Crippen LogP contribution in [0.4, 0.5) is 0 Å². The first kappa shape index (κ1) is 18.7. The van der Waals surface area contributed by atoms with E-state index in [1.165, 1.54) is 0 Å². The molecule has 2 aromatic carbocycles. The van der Waals surface area contributed by atoms with Crippen molar-refractivity contribution >= 4 is 20.8 Å². The van der Waals surface area contributed by atoms with Gasteiger partial charge in [0.15, 0.2) is 0 Å². The van der Waals surface area contributed by atoms with Gasteiger partial charge >= 0.3 is 0 Å². The number of methoxy groups -OCH3 is 1. The lowest BCUT2D eigenvalue weighted by Gasteiger charge is -2.28. The summed E-state index contributed by atoms with van der Waals surface area (Å²) in [4.78, 5) is 4.82. The Morgan fingerprint density at radius 3 is 2.50 bits per heavy atom. The smallest absolute Gasteiger partial charge is 0.138 e. The molecule has 2 heterocycles. The molecule has 0 radical (unpaired) electrons. The van der Waals surface area contributed by atoms with Crippen LogP contribution in [-0.4, -0.2) is 46.9 Å². The van der Waals surface area contributed by atoms with E-state index in [0.717, 1.165) is 16.7 Å². The molecule has 28 heavy (non-hydrogen) atoms. The van der Waals surface area contributed by atoms with Crippen molar-refractivity contribution in [1.82, 2.24) is 9.29 Å². The molecule has 0 spiro atoms. The van der Waals surface area contributed by atoms with Gasteiger partial charge in [0, 0.05) is 30.7 Å². The van der Waals surface area contributed by atoms with E-state index in [2.05, 4.69) is 4.98 Å². The highest BCUT2D eigenvalue weighted by Crippen LogP contribution is 2.31. The summed E-state index contributed by atoms with van der Waals surface area (Å²) in [5.41, 5.74) is 0.773. The van der Waals surface area contributed by atoms with Gasteiger partial charge in [0.1, 0.15) is 27.2 Å². The van der Waals surface area contributed by atoms with Crippen LogP contribution in [0.1, 0.15) is 0 Å². The van der Waals surface area contributed by atoms with Gasteiger partial charge in [-0.1, -0.05) is 0 Å². The molecule has 1 unspecified atom stereocenters. The van der Waals surface area contributed by atoms with E-state index in [1.807, 2.05) is 18.2 Å². The predicted molar refractivity (Wildman–Crippen MR) is 106 cm³/mol. The van der Waals surface area contributed by atoms with Gasteiger partial charge in [-0.2, -0.15) is 0 Å². The first-order valence-corrected chi connectivity index (χ1v) is 10.4. The third kappa shape index (κ3) is 3.66. The Bertz CT molecular complexity index is 1080. The minimum atomic E-state index is -3.02. The van der Waals surface area contributed by atoms with Crippen molar-refractivity contribution in [2.75, 3.05) is 33.4 Å². The van der Waals surface area contributed by atoms with Crippen molar-refractivity contribution < 1.29 is 18.4 Å². The standard InChI is InChI=1S/C20H21N3O4S/c1-25-16-4-7-18-19(14-16)22-9-8-20(18)27-15-2-5-17(6-3-15)28(21,24)23-10-12-26-13-11-23/h2-9,14,21H,10-13H2,1H3. The largest absolute Gasteiger partial charge is 0.497 e. The summed E-state index contributed by atoms with van der Waals surface area (Å²) >= 11 is 0. The van der Waals surface area contributed by atoms with E-state index in [-0.39, 0.29) is 0 Å². The number of hydrogen-bond acceptors (Lipinski definition) is 6. The van der Waals surface area contributed by atoms with Gasteiger partial charge in [-0.15, -0.1) is 0 Å². The van der Waals surface area contributed by atoms with E-state index >= 15 is 0 Å². The van der Waals surface area contributed by atoms with Crippen molar-refractivity contribution in [3.63, 3.8) is 0 Å². The third-order valence-corrected chi connectivity index (χ3v) is 6.62. The molecule has 0 aliphatic carbocycles. The lowest BCUT2D eigenvalue weighted by molar-refractivity contribution is 0.0743. The maximum absolute atomic E-state index is 12.9. The summed E-state index contributed by atoms with van der Waals surface area (Å²) in [5.74, 6) is 2.00. The number of nitrogens with zero attached hydrogens (tertiary/aromatic N) is 2. The normalized spacial score (nSPS) is 17.2. The number of ether oxygens (including phenoxy) is 3. The number of fused-ring (bicyclic) bond motifs is 1. The lowest BCUT2D eigenvalue weighted by Crippen LogP contribution is -2.40. The van der Waals surface area contributed by atoms with Crippen molar-refractivity contribution in [1.29, 1.82) is 4.78 Å². The van der Waals surface area contributed by atoms with Crippen LogP contribution in [0.25, 0.3) is 10.9 Å². The minimum absolute atomic E-state index is 0.464. The molecule has 1 aliphatic heterocycles. The molecule has 1 aromatic heterocycles. The number of morpholine rings is 1. The number of aromatic nitrogens is 1. The SMILES string of the molecule is COc1ccc2c(Oc3ccc(S(=N)(=O)N4CCOCC4)cc3)ccnc2c1. The maximum Gasteiger partial charge on any atom is 0.138 e. The lowest BCUT2D eigenvalue weighted by atomic mass is 10.2. The van der Waals surface area contributed by atoms with Crippen LogP contribution in [0.15, 0.2) is 59.6 Å². The molecule has 1 fully saturated rings. The Kier molecular flexibility index (Phi) is 5.17. The zero-order valence-corrected chi connectivity index (χ0v) is 16.3. The summed E-state index contributed by atoms with van der Waals surface area (Å²) in [7, 11) is -1.40. The third-order valence-electron chi connectivity index (χ3n) is 4.61. The molecule has 0 bridgehead atoms. The number of benzene rings is 2. The summed E-state index contributed by atoms with van der Waals surface area (Å²) in [6.07, 6.45) is 1.68. The average molecular weight is 399 g/mol. The van der Waals surface area contributed by atoms with E-state index in [1.54, 1.807) is 47.9 Å². The fraction of sp³-hybridized carbons (Fsp3) is 0.250. The van der Waals surface area contributed by atoms with E-state index in [9.17, 15) is 4.21 Å². The van der Waals surface area contributed by atoms with E-state index < -0.39 is 9.92 Å². The molecule has 1 aliphatic rings. The summed E-state index contributed by atoms with van der Waals surface area (Å²) in [6.45, 7) is 1.98. The van der Waals surface area contributed by atoms with Crippen LogP contribution in [0.2, 0.25) is 0 Å². The summed E-state index contributed by atoms with van der Waals surface area (Å²) in [6, 6.07) is 14.3. The second-order valence-electron chi connectivity index (χ2n) is 6.33. The highest BCUT2D eigenvalue weighted by atomic mass is 32.2. The number of rotatable bonds is 5. The second kappa shape index (κ2) is 7.75. The molecule has 0 saturated carbocycles. The van der Waals surface area contributed by atoms with Crippen molar-refractivity contribution in [3.05, 3.63) is 54.7 Å². The van der Waals surface area contributed by atoms with Crippen molar-refractivity contribution in [3.8, 4) is 17.2 Å². The fourth-order valence-electron chi connectivity index (χ4n) is 3.09. The molecule has 1 N–H and O–H groups in total. The molecule has 7 nitrogen and oxygen atoms in total. The van der Waals surface area contributed by atoms with E-state index in [4.69, 9.17) is 19.0 Å². The molecule has 8 heteroatoms. The molecular weight excluding hydrogens is 378 g/mol. The van der Waals surface area contributed by atoms with Gasteiger partial charge < -0.3 is 14.2 Å². The highest BCUT2D eigenvalue weighted by molar-refractivity contribution is 7.90. The molecule has 4 rings (SSSR count). The zero-order valence-electron chi connectivity index (χ0n) is 15.5. The van der Waals surface area contributed by atoms with Crippen LogP contribution in [0.3, 0.4) is 0 Å². The number of nitrogens with one attached hydrogen (secondary N) is 1. The minimum Gasteiger partial charge on any atom is -0.497 e. The van der Waals surface area contributed by atoms with Gasteiger partial charge in [-0.3, -0.25) is 4.98 Å². The second-order valence-corrected chi connectivity index (χ2v) is 8.37. The first-order chi connectivity index (χ1) is 13.6. The highest BCUT2D eigenvalue weighted by Gasteiger charge is 2.23. The van der Waals surface area contributed by atoms with Crippen LogP contribution in [0, 0.1) is 4.78 Å². The summed E-state index contributed by atoms with van der Waals surface area (Å²) in [5, 5.41) is 0.866. The quantitative estimate of drug-likeness (QED) is 0.707. The average Bonchev–Trinajstić information content (AvgIpc) is 2.74. The van der Waals surface area contributed by atoms with Gasteiger partial charge in [-0.25, -0.2) is 13.3 Å². The molecule has 3 aromatic rings. The number of hydrogen-bond donors (Lipinski definition) is 1. The van der Waals surface area contributed by atoms with Gasteiger partial charge in [0.2, 0.25) is 0 Å². The molecule has 1 atom stereocenters.